The predicted molar refractivity (Wildman–Crippen MR) is 99.8 cm³/mol. The fourth-order valence-corrected chi connectivity index (χ4v) is 3.94. The van der Waals surface area contributed by atoms with Crippen LogP contribution in [0.1, 0.15) is 21.1 Å². The van der Waals surface area contributed by atoms with E-state index in [-0.39, 0.29) is 35.9 Å². The van der Waals surface area contributed by atoms with Gasteiger partial charge in [0.25, 0.3) is 11.1 Å². The second kappa shape index (κ2) is 8.33. The molecule has 7 nitrogen and oxygen atoms in total. The van der Waals surface area contributed by atoms with E-state index >= 15 is 0 Å². The van der Waals surface area contributed by atoms with Crippen molar-refractivity contribution in [3.05, 3.63) is 45.9 Å². The number of imide groups is 1. The highest BCUT2D eigenvalue weighted by molar-refractivity contribution is 8.14. The third kappa shape index (κ3) is 4.41. The van der Waals surface area contributed by atoms with Gasteiger partial charge in [-0.3, -0.25) is 19.3 Å². The molecular weight excluding hydrogens is 374 g/mol. The minimum Gasteiger partial charge on any atom is -0.497 e. The van der Waals surface area contributed by atoms with Crippen molar-refractivity contribution in [3.63, 3.8) is 0 Å². The van der Waals surface area contributed by atoms with Gasteiger partial charge in [0.2, 0.25) is 5.91 Å². The Hall–Kier alpha value is -2.39. The molecule has 1 aromatic carbocycles. The first kappa shape index (κ1) is 18.4. The third-order valence-electron chi connectivity index (χ3n) is 3.76. The molecule has 0 radical (unpaired) electrons. The zero-order valence-corrected chi connectivity index (χ0v) is 15.7. The average Bonchev–Trinajstić information content (AvgIpc) is 3.24. The molecule has 1 saturated heterocycles. The van der Waals surface area contributed by atoms with Crippen molar-refractivity contribution in [2.24, 2.45) is 0 Å². The van der Waals surface area contributed by atoms with E-state index in [0.29, 0.717) is 12.1 Å². The second-order valence-electron chi connectivity index (χ2n) is 5.51. The van der Waals surface area contributed by atoms with Gasteiger partial charge < -0.3 is 10.1 Å². The summed E-state index contributed by atoms with van der Waals surface area (Å²) in [6.07, 6.45) is 0.635. The maximum atomic E-state index is 12.2. The molecule has 136 valence electrons. The van der Waals surface area contributed by atoms with E-state index in [0.717, 1.165) is 33.0 Å². The van der Waals surface area contributed by atoms with Crippen LogP contribution in [0.4, 0.5) is 4.79 Å². The Morgan fingerprint density at radius 1 is 1.31 bits per heavy atom. The van der Waals surface area contributed by atoms with Crippen molar-refractivity contribution < 1.29 is 19.1 Å². The molecule has 0 saturated carbocycles. The van der Waals surface area contributed by atoms with Gasteiger partial charge in [-0.05, 0) is 17.7 Å². The van der Waals surface area contributed by atoms with Gasteiger partial charge in [-0.25, -0.2) is 4.98 Å². The number of hydrogen-bond donors (Lipinski definition) is 1. The largest absolute Gasteiger partial charge is 0.497 e. The number of nitrogens with zero attached hydrogens (tertiary/aromatic N) is 2. The maximum absolute atomic E-state index is 12.2. The number of aromatic nitrogens is 1. The van der Waals surface area contributed by atoms with Crippen LogP contribution < -0.4 is 10.1 Å². The summed E-state index contributed by atoms with van der Waals surface area (Å²) >= 11 is 2.40. The quantitative estimate of drug-likeness (QED) is 0.778. The number of carbonyl (C=O) groups is 3. The van der Waals surface area contributed by atoms with Crippen molar-refractivity contribution in [1.82, 2.24) is 15.2 Å². The molecule has 1 aromatic heterocycles. The van der Waals surface area contributed by atoms with Gasteiger partial charge >= 0.3 is 0 Å². The SMILES string of the molecule is COc1ccc(Cc2nc(C(=O)NCCN3C(=O)CSC3=O)cs2)cc1. The van der Waals surface area contributed by atoms with Gasteiger partial charge in [-0.1, -0.05) is 23.9 Å². The summed E-state index contributed by atoms with van der Waals surface area (Å²) in [4.78, 5) is 40.6. The van der Waals surface area contributed by atoms with E-state index < -0.39 is 0 Å². The third-order valence-corrected chi connectivity index (χ3v) is 5.47. The van der Waals surface area contributed by atoms with Crippen LogP contribution in [0.5, 0.6) is 5.75 Å². The van der Waals surface area contributed by atoms with Gasteiger partial charge in [0.15, 0.2) is 0 Å². The highest BCUT2D eigenvalue weighted by Crippen LogP contribution is 2.19. The number of hydrogen-bond acceptors (Lipinski definition) is 7. The lowest BCUT2D eigenvalue weighted by Gasteiger charge is -2.12. The molecule has 0 unspecified atom stereocenters. The van der Waals surface area contributed by atoms with Gasteiger partial charge in [-0.2, -0.15) is 0 Å². The second-order valence-corrected chi connectivity index (χ2v) is 7.38. The zero-order valence-electron chi connectivity index (χ0n) is 14.1. The molecule has 3 rings (SSSR count). The predicted octanol–water partition coefficient (Wildman–Crippen LogP) is 2.17. The fourth-order valence-electron chi connectivity index (χ4n) is 2.38. The molecule has 0 aliphatic carbocycles. The minimum atomic E-state index is -0.311. The molecule has 26 heavy (non-hydrogen) atoms. The molecule has 0 spiro atoms. The summed E-state index contributed by atoms with van der Waals surface area (Å²) in [6, 6.07) is 7.69. The molecule has 9 heteroatoms. The summed E-state index contributed by atoms with van der Waals surface area (Å²) in [5.74, 6) is 0.438. The molecule has 1 aliphatic rings. The van der Waals surface area contributed by atoms with Crippen molar-refractivity contribution in [3.8, 4) is 5.75 Å². The van der Waals surface area contributed by atoms with E-state index in [1.807, 2.05) is 24.3 Å². The first-order valence-corrected chi connectivity index (χ1v) is 9.76. The molecule has 2 aromatic rings. The van der Waals surface area contributed by atoms with Crippen LogP contribution in [-0.4, -0.2) is 52.9 Å². The number of thioether (sulfide) groups is 1. The van der Waals surface area contributed by atoms with Crippen molar-refractivity contribution >= 4 is 40.2 Å². The summed E-state index contributed by atoms with van der Waals surface area (Å²) in [6.45, 7) is 0.390. The van der Waals surface area contributed by atoms with E-state index in [2.05, 4.69) is 10.3 Å². The van der Waals surface area contributed by atoms with Crippen LogP contribution in [-0.2, 0) is 11.2 Å². The summed E-state index contributed by atoms with van der Waals surface area (Å²) in [5.41, 5.74) is 1.42. The molecule has 3 amide bonds. The Labute approximate surface area is 158 Å². The maximum Gasteiger partial charge on any atom is 0.288 e. The number of methoxy groups -OCH3 is 1. The number of ether oxygens (including phenoxy) is 1. The molecule has 2 heterocycles. The molecule has 1 N–H and O–H groups in total. The van der Waals surface area contributed by atoms with Gasteiger partial charge in [0.05, 0.1) is 17.9 Å². The number of carbonyl (C=O) groups excluding carboxylic acids is 3. The van der Waals surface area contributed by atoms with Crippen molar-refractivity contribution in [2.45, 2.75) is 6.42 Å². The van der Waals surface area contributed by atoms with Gasteiger partial charge in [0.1, 0.15) is 11.4 Å². The smallest absolute Gasteiger partial charge is 0.288 e. The molecule has 1 aliphatic heterocycles. The number of nitrogens with one attached hydrogen (secondary N) is 1. The Bertz CT molecular complexity index is 804. The molecule has 0 atom stereocenters. The fraction of sp³-hybridized carbons (Fsp3) is 0.294. The monoisotopic (exact) mass is 391 g/mol. The average molecular weight is 391 g/mol. The van der Waals surface area contributed by atoms with Crippen LogP contribution in [0, 0.1) is 0 Å². The standard InChI is InChI=1S/C17H17N3O4S2/c1-24-12-4-2-11(3-5-12)8-14-19-13(9-25-14)16(22)18-6-7-20-15(21)10-26-17(20)23/h2-5,9H,6-8,10H2,1H3,(H,18,22). The van der Waals surface area contributed by atoms with Gasteiger partial charge in [0, 0.05) is 24.9 Å². The molecule has 0 bridgehead atoms. The number of rotatable bonds is 7. The van der Waals surface area contributed by atoms with Crippen LogP contribution in [0.25, 0.3) is 0 Å². The highest BCUT2D eigenvalue weighted by atomic mass is 32.2. The van der Waals surface area contributed by atoms with Crippen molar-refractivity contribution in [2.75, 3.05) is 26.0 Å². The van der Waals surface area contributed by atoms with E-state index in [1.165, 1.54) is 11.3 Å². The lowest BCUT2D eigenvalue weighted by Crippen LogP contribution is -2.37. The van der Waals surface area contributed by atoms with E-state index in [1.54, 1.807) is 12.5 Å². The Morgan fingerprint density at radius 3 is 2.73 bits per heavy atom. The minimum absolute atomic E-state index is 0.174. The van der Waals surface area contributed by atoms with E-state index in [4.69, 9.17) is 4.74 Å². The zero-order chi connectivity index (χ0) is 18.5. The number of benzene rings is 1. The number of thiazole rings is 1. The Morgan fingerprint density at radius 2 is 2.08 bits per heavy atom. The Balaban J connectivity index is 1.51. The number of amides is 3. The Kier molecular flexibility index (Phi) is 5.89. The molecular formula is C17H17N3O4S2. The normalized spacial score (nSPS) is 14.0. The van der Waals surface area contributed by atoms with Crippen LogP contribution in [0.3, 0.4) is 0 Å². The summed E-state index contributed by atoms with van der Waals surface area (Å²) in [7, 11) is 1.62. The van der Waals surface area contributed by atoms with Crippen LogP contribution >= 0.6 is 23.1 Å². The van der Waals surface area contributed by atoms with Crippen LogP contribution in [0.15, 0.2) is 29.6 Å². The van der Waals surface area contributed by atoms with E-state index in [9.17, 15) is 14.4 Å². The summed E-state index contributed by atoms with van der Waals surface area (Å²) < 4.78 is 5.13. The lowest BCUT2D eigenvalue weighted by atomic mass is 10.1. The first-order valence-electron chi connectivity index (χ1n) is 7.89. The van der Waals surface area contributed by atoms with Crippen molar-refractivity contribution in [1.29, 1.82) is 0 Å². The molecule has 1 fully saturated rings. The topological polar surface area (TPSA) is 88.6 Å². The lowest BCUT2D eigenvalue weighted by molar-refractivity contribution is -0.124. The van der Waals surface area contributed by atoms with Crippen LogP contribution in [0.2, 0.25) is 0 Å². The van der Waals surface area contributed by atoms with Gasteiger partial charge in [-0.15, -0.1) is 11.3 Å². The summed E-state index contributed by atoms with van der Waals surface area (Å²) in [5, 5.41) is 4.97. The highest BCUT2D eigenvalue weighted by Gasteiger charge is 2.29. The first-order chi connectivity index (χ1) is 12.6.